The fourth-order valence-corrected chi connectivity index (χ4v) is 8.36. The summed E-state index contributed by atoms with van der Waals surface area (Å²) in [5, 5.41) is 7.98. The summed E-state index contributed by atoms with van der Waals surface area (Å²) in [6.07, 6.45) is 24.2. The Balaban J connectivity index is 0.000000905. The topological polar surface area (TPSA) is 33.8 Å². The monoisotopic (exact) mass is 770 g/mol. The van der Waals surface area contributed by atoms with E-state index in [4.69, 9.17) is 6.58 Å². The minimum Gasteiger partial charge on any atom is -0.363 e. The molecule has 2 N–H and O–H groups in total. The molecule has 2 atom stereocenters. The molecule has 58 heavy (non-hydrogen) atoms. The van der Waals surface area contributed by atoms with Crippen molar-refractivity contribution in [3.63, 3.8) is 0 Å². The number of nitrogens with one attached hydrogen (secondary N) is 2. The van der Waals surface area contributed by atoms with Gasteiger partial charge in [-0.15, -0.1) is 0 Å². The van der Waals surface area contributed by atoms with Gasteiger partial charge in [-0.05, 0) is 134 Å². The van der Waals surface area contributed by atoms with Crippen LogP contribution < -0.4 is 20.4 Å². The number of nitrogens with zero attached hydrogens (tertiary/aromatic N) is 3. The van der Waals surface area contributed by atoms with Gasteiger partial charge in [0.1, 0.15) is 12.3 Å². The fourth-order valence-electron chi connectivity index (χ4n) is 8.36. The second-order valence-corrected chi connectivity index (χ2v) is 14.2. The summed E-state index contributed by atoms with van der Waals surface area (Å²) in [6, 6.07) is 35.1. The molecule has 300 valence electrons. The van der Waals surface area contributed by atoms with Gasteiger partial charge in [-0.25, -0.2) is 0 Å². The number of benzene rings is 4. The molecule has 2 aliphatic heterocycles. The van der Waals surface area contributed by atoms with E-state index in [2.05, 4.69) is 178 Å². The molecule has 9 rings (SSSR count). The van der Waals surface area contributed by atoms with Crippen molar-refractivity contribution in [1.82, 2.24) is 10.2 Å². The average Bonchev–Trinajstić information content (AvgIpc) is 3.90. The van der Waals surface area contributed by atoms with Crippen LogP contribution in [0.2, 0.25) is 0 Å². The van der Waals surface area contributed by atoms with Crippen molar-refractivity contribution < 1.29 is 0 Å². The second-order valence-electron chi connectivity index (χ2n) is 14.2. The van der Waals surface area contributed by atoms with Crippen molar-refractivity contribution in [2.45, 2.75) is 99.3 Å². The molecule has 0 saturated carbocycles. The van der Waals surface area contributed by atoms with Crippen LogP contribution in [0.15, 0.2) is 175 Å². The molecule has 0 aromatic heterocycles. The van der Waals surface area contributed by atoms with Gasteiger partial charge >= 0.3 is 0 Å². The predicted molar refractivity (Wildman–Crippen MR) is 251 cm³/mol. The molecule has 4 aromatic rings. The summed E-state index contributed by atoms with van der Waals surface area (Å²) in [6.45, 7) is 19.1. The molecule has 0 saturated heterocycles. The number of allylic oxidation sites excluding steroid dienone is 11. The highest BCUT2D eigenvalue weighted by molar-refractivity contribution is 5.88. The summed E-state index contributed by atoms with van der Waals surface area (Å²) in [7, 11) is 0. The van der Waals surface area contributed by atoms with Crippen LogP contribution in [0.5, 0.6) is 0 Å². The van der Waals surface area contributed by atoms with Gasteiger partial charge in [0, 0.05) is 34.2 Å². The van der Waals surface area contributed by atoms with Crippen LogP contribution in [0.1, 0.15) is 115 Å². The minimum absolute atomic E-state index is 0.0466. The summed E-state index contributed by atoms with van der Waals surface area (Å²) >= 11 is 0. The first-order valence-corrected chi connectivity index (χ1v) is 21.7. The molecular weight excluding hydrogens is 707 g/mol. The smallest absolute Gasteiger partial charge is 0.130 e. The third kappa shape index (κ3) is 8.50. The average molecular weight is 770 g/mol. The van der Waals surface area contributed by atoms with Gasteiger partial charge in [0.05, 0.1) is 17.1 Å². The van der Waals surface area contributed by atoms with E-state index < -0.39 is 0 Å². The number of fused-ring (bicyclic) bond motifs is 1. The quantitative estimate of drug-likeness (QED) is 0.187. The van der Waals surface area contributed by atoms with Gasteiger partial charge in [-0.2, -0.15) is 0 Å². The van der Waals surface area contributed by atoms with E-state index in [1.54, 1.807) is 0 Å². The number of rotatable bonds is 8. The number of para-hydroxylation sites is 4. The van der Waals surface area contributed by atoms with Gasteiger partial charge in [-0.3, -0.25) is 0 Å². The largest absolute Gasteiger partial charge is 0.363 e. The second kappa shape index (κ2) is 20.0. The van der Waals surface area contributed by atoms with Crippen molar-refractivity contribution >= 4 is 28.4 Å². The fraction of sp³-hybridized carbons (Fsp3) is 0.283. The highest BCUT2D eigenvalue weighted by Gasteiger charge is 2.37. The van der Waals surface area contributed by atoms with Crippen molar-refractivity contribution in [2.24, 2.45) is 0 Å². The zero-order valence-corrected chi connectivity index (χ0v) is 35.8. The van der Waals surface area contributed by atoms with Crippen molar-refractivity contribution in [3.8, 4) is 0 Å². The third-order valence-corrected chi connectivity index (χ3v) is 10.9. The summed E-state index contributed by atoms with van der Waals surface area (Å²) in [4.78, 5) is 7.39. The van der Waals surface area contributed by atoms with Gasteiger partial charge in [-0.1, -0.05) is 127 Å². The van der Waals surface area contributed by atoms with Crippen molar-refractivity contribution in [3.05, 3.63) is 197 Å². The number of hydrogen-bond acceptors (Lipinski definition) is 5. The van der Waals surface area contributed by atoms with E-state index in [0.29, 0.717) is 0 Å². The Bertz CT molecular complexity index is 2220. The van der Waals surface area contributed by atoms with Crippen LogP contribution in [-0.4, -0.2) is 4.90 Å². The van der Waals surface area contributed by atoms with Crippen molar-refractivity contribution in [1.29, 1.82) is 0 Å². The first-order chi connectivity index (χ1) is 28.6. The Morgan fingerprint density at radius 2 is 1.22 bits per heavy atom. The maximum atomic E-state index is 4.88. The Morgan fingerprint density at radius 3 is 1.88 bits per heavy atom. The lowest BCUT2D eigenvalue weighted by atomic mass is 9.97. The SMILES string of the molecule is C=C(c1cc(C2NC3=C(C=CCC3)N2C2=CC=CCC2)cc(C2Nc3ccccc3N2C2=CC=CCC2)c1)N(c1ccccc1)c1ccccc1C.CC.CC.CC. The first-order valence-electron chi connectivity index (χ1n) is 21.7. The van der Waals surface area contributed by atoms with E-state index >= 15 is 0 Å². The highest BCUT2D eigenvalue weighted by Crippen LogP contribution is 2.47. The summed E-state index contributed by atoms with van der Waals surface area (Å²) in [5.41, 5.74) is 15.5. The molecule has 2 heterocycles. The number of anilines is 4. The maximum Gasteiger partial charge on any atom is 0.130 e. The molecular formula is C53H63N5. The zero-order chi connectivity index (χ0) is 41.0. The van der Waals surface area contributed by atoms with E-state index in [0.717, 1.165) is 66.8 Å². The maximum absolute atomic E-state index is 4.88. The Kier molecular flexibility index (Phi) is 14.3. The summed E-state index contributed by atoms with van der Waals surface area (Å²) < 4.78 is 0. The first kappa shape index (κ1) is 41.7. The van der Waals surface area contributed by atoms with Crippen LogP contribution in [0.4, 0.5) is 22.7 Å². The van der Waals surface area contributed by atoms with E-state index in [-0.39, 0.29) is 12.3 Å². The predicted octanol–water partition coefficient (Wildman–Crippen LogP) is 14.7. The Labute approximate surface area is 349 Å². The molecule has 0 radical (unpaired) electrons. The molecule has 0 spiro atoms. The molecule has 5 heteroatoms. The van der Waals surface area contributed by atoms with Gasteiger partial charge in [0.2, 0.25) is 0 Å². The molecule has 0 bridgehead atoms. The van der Waals surface area contributed by atoms with E-state index in [9.17, 15) is 0 Å². The third-order valence-electron chi connectivity index (χ3n) is 10.9. The lowest BCUT2D eigenvalue weighted by molar-refractivity contribution is 0.321. The normalized spacial score (nSPS) is 18.4. The molecule has 3 aliphatic carbocycles. The van der Waals surface area contributed by atoms with Crippen LogP contribution in [0.25, 0.3) is 5.70 Å². The molecule has 2 unspecified atom stereocenters. The molecule has 4 aromatic carbocycles. The van der Waals surface area contributed by atoms with E-state index in [1.807, 2.05) is 41.5 Å². The lowest BCUT2D eigenvalue weighted by Crippen LogP contribution is -2.31. The van der Waals surface area contributed by atoms with Crippen molar-refractivity contribution in [2.75, 3.05) is 15.1 Å². The molecule has 5 aliphatic rings. The minimum atomic E-state index is -0.0838. The Morgan fingerprint density at radius 1 is 0.638 bits per heavy atom. The van der Waals surface area contributed by atoms with Crippen LogP contribution in [0, 0.1) is 6.92 Å². The molecule has 0 fully saturated rings. The van der Waals surface area contributed by atoms with Crippen LogP contribution in [0.3, 0.4) is 0 Å². The molecule has 5 nitrogen and oxygen atoms in total. The Hall–Kier alpha value is -5.94. The van der Waals surface area contributed by atoms with Crippen LogP contribution in [-0.2, 0) is 0 Å². The van der Waals surface area contributed by atoms with E-state index in [1.165, 1.54) is 45.2 Å². The highest BCUT2D eigenvalue weighted by atomic mass is 15.3. The number of aryl methyl sites for hydroxylation is 1. The zero-order valence-electron chi connectivity index (χ0n) is 35.8. The molecule has 0 amide bonds. The lowest BCUT2D eigenvalue weighted by Gasteiger charge is -2.35. The van der Waals surface area contributed by atoms with Crippen LogP contribution >= 0.6 is 0 Å². The standard InChI is InChI=1S/C47H45N5.3C2H6/c1-33-18-12-15-27-43(33)50(38-19-6-3-7-20-38)34(2)35-30-36(46-48-41-25-13-16-28-44(41)51(46)39-21-8-4-9-22-39)32-37(31-35)47-49-42-26-14-17-29-45(42)52(47)40-23-10-5-11-24-40;3*1-2/h3-8,10,12-13,15-21,23,25,27-32,46-49H,2,9,11,14,22,24,26H2,1H3;3*1-2H3. The number of hydrogen-bond donors (Lipinski definition) is 2. The van der Waals surface area contributed by atoms with Gasteiger partial charge in [0.25, 0.3) is 0 Å². The van der Waals surface area contributed by atoms with Gasteiger partial charge < -0.3 is 25.3 Å². The summed E-state index contributed by atoms with van der Waals surface area (Å²) in [5.74, 6) is 0. The van der Waals surface area contributed by atoms with Gasteiger partial charge in [0.15, 0.2) is 0 Å².